The molecule has 1 rings (SSSR count). The summed E-state index contributed by atoms with van der Waals surface area (Å²) in [5.41, 5.74) is 0. The third-order valence-electron chi connectivity index (χ3n) is 1.83. The van der Waals surface area contributed by atoms with Crippen molar-refractivity contribution in [2.45, 2.75) is 26.8 Å². The first kappa shape index (κ1) is 10.2. The van der Waals surface area contributed by atoms with Crippen LogP contribution in [0.2, 0.25) is 0 Å². The molecule has 0 aliphatic rings. The fraction of sp³-hybridized carbons (Fsp3) is 0.778. The van der Waals surface area contributed by atoms with Crippen LogP contribution in [-0.4, -0.2) is 21.3 Å². The van der Waals surface area contributed by atoms with Crippen LogP contribution in [-0.2, 0) is 13.6 Å². The van der Waals surface area contributed by atoms with Gasteiger partial charge >= 0.3 is 0 Å². The Morgan fingerprint density at radius 1 is 1.54 bits per heavy atom. The molecule has 0 fully saturated rings. The minimum Gasteiger partial charge on any atom is -0.310 e. The van der Waals surface area contributed by atoms with E-state index in [9.17, 15) is 0 Å². The number of aromatic nitrogens is 3. The Morgan fingerprint density at radius 2 is 2.31 bits per heavy atom. The second-order valence-corrected chi connectivity index (χ2v) is 3.69. The lowest BCUT2D eigenvalue weighted by atomic mass is 10.1. The first-order valence-electron chi connectivity index (χ1n) is 4.73. The summed E-state index contributed by atoms with van der Waals surface area (Å²) in [7, 11) is 1.88. The van der Waals surface area contributed by atoms with Crippen LogP contribution in [0.1, 0.15) is 26.1 Å². The molecule has 74 valence electrons. The van der Waals surface area contributed by atoms with Crippen LogP contribution in [0.25, 0.3) is 0 Å². The monoisotopic (exact) mass is 182 g/mol. The maximum absolute atomic E-state index is 4.17. The van der Waals surface area contributed by atoms with E-state index in [4.69, 9.17) is 0 Å². The number of nitrogens with zero attached hydrogens (tertiary/aromatic N) is 3. The van der Waals surface area contributed by atoms with Crippen molar-refractivity contribution in [3.63, 3.8) is 0 Å². The Labute approximate surface area is 79.4 Å². The highest BCUT2D eigenvalue weighted by Gasteiger charge is 1.97. The molecule has 1 aromatic rings. The van der Waals surface area contributed by atoms with E-state index < -0.39 is 0 Å². The quantitative estimate of drug-likeness (QED) is 0.689. The van der Waals surface area contributed by atoms with Crippen molar-refractivity contribution in [3.8, 4) is 0 Å². The van der Waals surface area contributed by atoms with Gasteiger partial charge in [0, 0.05) is 7.05 Å². The maximum atomic E-state index is 4.17. The van der Waals surface area contributed by atoms with Crippen LogP contribution in [0.3, 0.4) is 0 Å². The highest BCUT2D eigenvalue weighted by Crippen LogP contribution is 1.96. The van der Waals surface area contributed by atoms with Crippen molar-refractivity contribution in [3.05, 3.63) is 12.2 Å². The normalized spacial score (nSPS) is 11.1. The van der Waals surface area contributed by atoms with Gasteiger partial charge in [-0.05, 0) is 18.9 Å². The largest absolute Gasteiger partial charge is 0.310 e. The van der Waals surface area contributed by atoms with Crippen LogP contribution in [0.4, 0.5) is 0 Å². The van der Waals surface area contributed by atoms with Gasteiger partial charge < -0.3 is 5.32 Å². The average Bonchev–Trinajstić information content (AvgIpc) is 2.45. The van der Waals surface area contributed by atoms with E-state index in [0.29, 0.717) is 0 Å². The Morgan fingerprint density at radius 3 is 2.85 bits per heavy atom. The van der Waals surface area contributed by atoms with Crippen LogP contribution < -0.4 is 5.32 Å². The molecule has 0 spiro atoms. The number of hydrogen-bond acceptors (Lipinski definition) is 3. The van der Waals surface area contributed by atoms with Gasteiger partial charge in [0.25, 0.3) is 0 Å². The third-order valence-corrected chi connectivity index (χ3v) is 1.83. The first-order chi connectivity index (χ1) is 6.18. The molecule has 0 amide bonds. The van der Waals surface area contributed by atoms with E-state index >= 15 is 0 Å². The van der Waals surface area contributed by atoms with E-state index in [-0.39, 0.29) is 0 Å². The summed E-state index contributed by atoms with van der Waals surface area (Å²) in [6, 6.07) is 0. The molecule has 0 aliphatic carbocycles. The summed E-state index contributed by atoms with van der Waals surface area (Å²) in [6.45, 7) is 6.25. The van der Waals surface area contributed by atoms with Crippen LogP contribution in [0, 0.1) is 5.92 Å². The molecule has 4 heteroatoms. The second-order valence-electron chi connectivity index (χ2n) is 3.69. The van der Waals surface area contributed by atoms with Gasteiger partial charge in [0.05, 0.1) is 6.54 Å². The van der Waals surface area contributed by atoms with Crippen LogP contribution in [0.5, 0.6) is 0 Å². The van der Waals surface area contributed by atoms with Crippen molar-refractivity contribution < 1.29 is 0 Å². The number of hydrogen-bond donors (Lipinski definition) is 1. The Balaban J connectivity index is 2.13. The minimum atomic E-state index is 0.754. The predicted octanol–water partition coefficient (Wildman–Crippen LogP) is 0.951. The molecule has 1 N–H and O–H groups in total. The van der Waals surface area contributed by atoms with Crippen molar-refractivity contribution in [1.29, 1.82) is 0 Å². The lowest BCUT2D eigenvalue weighted by Crippen LogP contribution is -2.17. The highest BCUT2D eigenvalue weighted by molar-refractivity contribution is 4.79. The molecule has 0 radical (unpaired) electrons. The fourth-order valence-corrected chi connectivity index (χ4v) is 1.06. The van der Waals surface area contributed by atoms with Gasteiger partial charge in [-0.15, -0.1) is 0 Å². The smallest absolute Gasteiger partial charge is 0.164 e. The highest BCUT2D eigenvalue weighted by atomic mass is 15.3. The topological polar surface area (TPSA) is 42.7 Å². The zero-order valence-corrected chi connectivity index (χ0v) is 8.62. The second kappa shape index (κ2) is 4.97. The zero-order valence-electron chi connectivity index (χ0n) is 8.62. The van der Waals surface area contributed by atoms with Gasteiger partial charge in [0.15, 0.2) is 5.82 Å². The zero-order chi connectivity index (χ0) is 9.68. The van der Waals surface area contributed by atoms with E-state index in [1.54, 1.807) is 11.0 Å². The van der Waals surface area contributed by atoms with Crippen molar-refractivity contribution in [1.82, 2.24) is 20.1 Å². The van der Waals surface area contributed by atoms with E-state index in [1.807, 2.05) is 7.05 Å². The van der Waals surface area contributed by atoms with Gasteiger partial charge in [-0.3, -0.25) is 4.68 Å². The number of rotatable bonds is 5. The van der Waals surface area contributed by atoms with E-state index in [1.165, 1.54) is 6.42 Å². The van der Waals surface area contributed by atoms with Crippen molar-refractivity contribution in [2.24, 2.45) is 13.0 Å². The molecule has 0 unspecified atom stereocenters. The van der Waals surface area contributed by atoms with Gasteiger partial charge in [0.1, 0.15) is 6.33 Å². The summed E-state index contributed by atoms with van der Waals surface area (Å²) in [5, 5.41) is 7.48. The molecule has 0 aromatic carbocycles. The molecule has 4 nitrogen and oxygen atoms in total. The molecule has 1 heterocycles. The number of nitrogens with one attached hydrogen (secondary N) is 1. The van der Waals surface area contributed by atoms with Crippen molar-refractivity contribution >= 4 is 0 Å². The lowest BCUT2D eigenvalue weighted by Gasteiger charge is -2.04. The third kappa shape index (κ3) is 4.03. The molecule has 1 aromatic heterocycles. The Hall–Kier alpha value is -0.900. The summed E-state index contributed by atoms with van der Waals surface area (Å²) in [5.74, 6) is 1.62. The van der Waals surface area contributed by atoms with Gasteiger partial charge in [-0.25, -0.2) is 4.98 Å². The lowest BCUT2D eigenvalue weighted by molar-refractivity contribution is 0.530. The van der Waals surface area contributed by atoms with Gasteiger partial charge in [-0.2, -0.15) is 5.10 Å². The van der Waals surface area contributed by atoms with E-state index in [0.717, 1.165) is 24.8 Å². The predicted molar refractivity (Wildman–Crippen MR) is 52.2 cm³/mol. The Kier molecular flexibility index (Phi) is 3.89. The molecular formula is C9H18N4. The van der Waals surface area contributed by atoms with E-state index in [2.05, 4.69) is 29.2 Å². The maximum Gasteiger partial charge on any atom is 0.164 e. The molecular weight excluding hydrogens is 164 g/mol. The summed E-state index contributed by atoms with van der Waals surface area (Å²) >= 11 is 0. The molecule has 0 bridgehead atoms. The molecule has 0 aliphatic heterocycles. The summed E-state index contributed by atoms with van der Waals surface area (Å²) < 4.78 is 1.72. The van der Waals surface area contributed by atoms with Crippen molar-refractivity contribution in [2.75, 3.05) is 6.54 Å². The van der Waals surface area contributed by atoms with Crippen LogP contribution in [0.15, 0.2) is 6.33 Å². The number of aryl methyl sites for hydroxylation is 1. The Bertz CT molecular complexity index is 242. The SMILES string of the molecule is CC(C)CCNCc1ncn(C)n1. The standard InChI is InChI=1S/C9H18N4/c1-8(2)4-5-10-6-9-11-7-13(3)12-9/h7-8,10H,4-6H2,1-3H3. The van der Waals surface area contributed by atoms with Gasteiger partial charge in [-0.1, -0.05) is 13.8 Å². The minimum absolute atomic E-state index is 0.754. The summed E-state index contributed by atoms with van der Waals surface area (Å²) in [6.07, 6.45) is 2.92. The van der Waals surface area contributed by atoms with Gasteiger partial charge in [0.2, 0.25) is 0 Å². The molecule has 0 saturated heterocycles. The molecule has 0 saturated carbocycles. The fourth-order valence-electron chi connectivity index (χ4n) is 1.06. The first-order valence-corrected chi connectivity index (χ1v) is 4.73. The van der Waals surface area contributed by atoms with Crippen LogP contribution >= 0.6 is 0 Å². The molecule has 13 heavy (non-hydrogen) atoms. The molecule has 0 atom stereocenters. The average molecular weight is 182 g/mol. The summed E-state index contributed by atoms with van der Waals surface area (Å²) in [4.78, 5) is 4.12.